The van der Waals surface area contributed by atoms with E-state index in [0.29, 0.717) is 6.54 Å². The van der Waals surface area contributed by atoms with Crippen LogP contribution in [-0.2, 0) is 4.79 Å². The Morgan fingerprint density at radius 1 is 0.952 bits per heavy atom. The predicted octanol–water partition coefficient (Wildman–Crippen LogP) is 4.90. The van der Waals surface area contributed by atoms with Gasteiger partial charge < -0.3 is 4.90 Å². The molecule has 2 aromatic carbocycles. The maximum atomic E-state index is 12.5. The van der Waals surface area contributed by atoms with Gasteiger partial charge in [0, 0.05) is 15.2 Å². The molecule has 0 atom stereocenters. The molecule has 3 heteroatoms. The van der Waals surface area contributed by atoms with Crippen molar-refractivity contribution in [3.8, 4) is 0 Å². The number of para-hydroxylation sites is 2. The molecule has 1 aliphatic heterocycles. The minimum absolute atomic E-state index is 0.249. The lowest BCUT2D eigenvalue weighted by molar-refractivity contribution is -0.124. The maximum Gasteiger partial charge on any atom is 0.157 e. The highest BCUT2D eigenvalue weighted by Gasteiger charge is 2.28. The zero-order chi connectivity index (χ0) is 15.0. The summed E-state index contributed by atoms with van der Waals surface area (Å²) in [5.41, 5.74) is 1.92. The molecule has 0 bridgehead atoms. The number of carbonyl (C=O) groups is 1. The molecule has 1 heterocycles. The van der Waals surface area contributed by atoms with E-state index in [1.165, 1.54) is 9.79 Å². The first-order valence-corrected chi connectivity index (χ1v) is 7.95. The van der Waals surface area contributed by atoms with Crippen molar-refractivity contribution in [2.45, 2.75) is 30.6 Å². The van der Waals surface area contributed by atoms with Crippen LogP contribution in [0.4, 0.5) is 11.4 Å². The van der Waals surface area contributed by atoms with Crippen LogP contribution in [0.25, 0.3) is 0 Å². The van der Waals surface area contributed by atoms with Gasteiger partial charge in [-0.25, -0.2) is 0 Å². The van der Waals surface area contributed by atoms with Gasteiger partial charge in [-0.2, -0.15) is 0 Å². The van der Waals surface area contributed by atoms with Crippen LogP contribution in [0.2, 0.25) is 0 Å². The van der Waals surface area contributed by atoms with Crippen molar-refractivity contribution >= 4 is 28.9 Å². The molecule has 0 aliphatic carbocycles. The number of nitrogens with zero attached hydrogens (tertiary/aromatic N) is 1. The van der Waals surface area contributed by atoms with E-state index >= 15 is 0 Å². The summed E-state index contributed by atoms with van der Waals surface area (Å²) in [5, 5.41) is 0. The van der Waals surface area contributed by atoms with Crippen LogP contribution in [0.15, 0.2) is 58.3 Å². The molecule has 0 saturated carbocycles. The Morgan fingerprint density at radius 2 is 1.43 bits per heavy atom. The lowest BCUT2D eigenvalue weighted by Crippen LogP contribution is -2.34. The van der Waals surface area contributed by atoms with Crippen LogP contribution in [0.1, 0.15) is 20.8 Å². The summed E-state index contributed by atoms with van der Waals surface area (Å²) in [6, 6.07) is 16.6. The van der Waals surface area contributed by atoms with Crippen molar-refractivity contribution in [3.63, 3.8) is 0 Å². The molecule has 0 saturated heterocycles. The van der Waals surface area contributed by atoms with E-state index in [1.807, 2.05) is 45.0 Å². The normalized spacial score (nSPS) is 13.6. The van der Waals surface area contributed by atoms with E-state index in [2.05, 4.69) is 29.2 Å². The van der Waals surface area contributed by atoms with Gasteiger partial charge in [0.25, 0.3) is 0 Å². The van der Waals surface area contributed by atoms with Crippen LogP contribution in [0.3, 0.4) is 0 Å². The number of carbonyl (C=O) groups excluding carboxylic acids is 1. The number of benzene rings is 2. The Hall–Kier alpha value is -1.74. The minimum atomic E-state index is -0.325. The number of ketones is 1. The van der Waals surface area contributed by atoms with Gasteiger partial charge in [-0.1, -0.05) is 56.8 Å². The number of fused-ring (bicyclic) bond motifs is 2. The molecule has 0 radical (unpaired) electrons. The quantitative estimate of drug-likeness (QED) is 0.786. The zero-order valence-corrected chi connectivity index (χ0v) is 13.4. The first-order chi connectivity index (χ1) is 9.97. The molecule has 1 aliphatic rings. The third-order valence-corrected chi connectivity index (χ3v) is 4.80. The summed E-state index contributed by atoms with van der Waals surface area (Å²) in [4.78, 5) is 17.1. The summed E-state index contributed by atoms with van der Waals surface area (Å²) < 4.78 is 0. The van der Waals surface area contributed by atoms with Gasteiger partial charge in [0.05, 0.1) is 17.9 Å². The average molecular weight is 297 g/mol. The third-order valence-electron chi connectivity index (χ3n) is 3.67. The number of anilines is 2. The molecule has 2 nitrogen and oxygen atoms in total. The highest BCUT2D eigenvalue weighted by Crippen LogP contribution is 2.47. The molecule has 21 heavy (non-hydrogen) atoms. The van der Waals surface area contributed by atoms with Crippen molar-refractivity contribution < 1.29 is 4.79 Å². The number of Topliss-reactive ketones (excluding diaryl/α,β-unsaturated/α-hetero) is 1. The van der Waals surface area contributed by atoms with E-state index in [9.17, 15) is 4.79 Å². The third kappa shape index (κ3) is 2.70. The van der Waals surface area contributed by atoms with Crippen molar-refractivity contribution in [2.75, 3.05) is 11.4 Å². The van der Waals surface area contributed by atoms with E-state index in [0.717, 1.165) is 11.4 Å². The topological polar surface area (TPSA) is 20.3 Å². The standard InChI is InChI=1S/C18H19NOS/c1-18(2,3)17(20)12-19-13-8-4-6-10-15(13)21-16-11-7-5-9-14(16)19/h4-11H,12H2,1-3H3. The Balaban J connectivity index is 2.05. The van der Waals surface area contributed by atoms with Gasteiger partial charge in [0.15, 0.2) is 5.78 Å². The molecule has 0 N–H and O–H groups in total. The maximum absolute atomic E-state index is 12.5. The van der Waals surface area contributed by atoms with Crippen molar-refractivity contribution in [3.05, 3.63) is 48.5 Å². The van der Waals surface area contributed by atoms with E-state index in [-0.39, 0.29) is 11.2 Å². The van der Waals surface area contributed by atoms with E-state index in [1.54, 1.807) is 11.8 Å². The summed E-state index contributed by atoms with van der Waals surface area (Å²) in [5.74, 6) is 0.249. The molecule has 2 aromatic rings. The van der Waals surface area contributed by atoms with Gasteiger partial charge in [-0.3, -0.25) is 4.79 Å². The monoisotopic (exact) mass is 297 g/mol. The largest absolute Gasteiger partial charge is 0.332 e. The van der Waals surface area contributed by atoms with Crippen molar-refractivity contribution in [2.24, 2.45) is 5.41 Å². The number of hydrogen-bond donors (Lipinski definition) is 0. The second kappa shape index (κ2) is 5.23. The molecule has 0 aromatic heterocycles. The van der Waals surface area contributed by atoms with Crippen LogP contribution < -0.4 is 4.90 Å². The fraction of sp³-hybridized carbons (Fsp3) is 0.278. The zero-order valence-electron chi connectivity index (χ0n) is 12.6. The summed E-state index contributed by atoms with van der Waals surface area (Å²) in [6.45, 7) is 6.35. The molecular weight excluding hydrogens is 278 g/mol. The first-order valence-electron chi connectivity index (χ1n) is 7.13. The van der Waals surface area contributed by atoms with Gasteiger partial charge in [-0.15, -0.1) is 0 Å². The van der Waals surface area contributed by atoms with E-state index < -0.39 is 0 Å². The fourth-order valence-corrected chi connectivity index (χ4v) is 3.43. The van der Waals surface area contributed by atoms with Crippen LogP contribution in [-0.4, -0.2) is 12.3 Å². The van der Waals surface area contributed by atoms with Crippen LogP contribution in [0.5, 0.6) is 0 Å². The van der Waals surface area contributed by atoms with Crippen LogP contribution in [0, 0.1) is 5.41 Å². The van der Waals surface area contributed by atoms with Gasteiger partial charge in [0.2, 0.25) is 0 Å². The Kier molecular flexibility index (Phi) is 3.54. The van der Waals surface area contributed by atoms with Crippen LogP contribution >= 0.6 is 11.8 Å². The van der Waals surface area contributed by atoms with E-state index in [4.69, 9.17) is 0 Å². The number of hydrogen-bond acceptors (Lipinski definition) is 3. The molecular formula is C18H19NOS. The summed E-state index contributed by atoms with van der Waals surface area (Å²) in [6.07, 6.45) is 0. The van der Waals surface area contributed by atoms with Gasteiger partial charge >= 0.3 is 0 Å². The molecule has 0 fully saturated rings. The molecule has 0 amide bonds. The predicted molar refractivity (Wildman–Crippen MR) is 88.5 cm³/mol. The smallest absolute Gasteiger partial charge is 0.157 e. The first kappa shape index (κ1) is 14.2. The Bertz CT molecular complexity index is 642. The van der Waals surface area contributed by atoms with Gasteiger partial charge in [0.1, 0.15) is 0 Å². The minimum Gasteiger partial charge on any atom is -0.332 e. The number of rotatable bonds is 2. The fourth-order valence-electron chi connectivity index (χ4n) is 2.33. The Labute approximate surface area is 130 Å². The van der Waals surface area contributed by atoms with Gasteiger partial charge in [-0.05, 0) is 24.3 Å². The molecule has 3 rings (SSSR count). The molecule has 0 spiro atoms. The van der Waals surface area contributed by atoms with Crippen molar-refractivity contribution in [1.29, 1.82) is 0 Å². The second-order valence-corrected chi connectivity index (χ2v) is 7.38. The van der Waals surface area contributed by atoms with Crippen molar-refractivity contribution in [1.82, 2.24) is 0 Å². The SMILES string of the molecule is CC(C)(C)C(=O)CN1c2ccccc2Sc2ccccc21. The lowest BCUT2D eigenvalue weighted by atomic mass is 9.90. The highest BCUT2D eigenvalue weighted by molar-refractivity contribution is 7.99. The summed E-state index contributed by atoms with van der Waals surface area (Å²) in [7, 11) is 0. The highest BCUT2D eigenvalue weighted by atomic mass is 32.2. The Morgan fingerprint density at radius 3 is 1.90 bits per heavy atom. The molecule has 108 valence electrons. The average Bonchev–Trinajstić information content (AvgIpc) is 2.46. The lowest BCUT2D eigenvalue weighted by Gasteiger charge is -2.33. The second-order valence-electron chi connectivity index (χ2n) is 6.30. The summed E-state index contributed by atoms with van der Waals surface area (Å²) >= 11 is 1.77. The molecule has 0 unspecified atom stereocenters.